The highest BCUT2D eigenvalue weighted by Crippen LogP contribution is 2.28. The second-order valence-corrected chi connectivity index (χ2v) is 9.36. The second-order valence-electron chi connectivity index (χ2n) is 8.97. The third-order valence-corrected chi connectivity index (χ3v) is 6.77. The molecule has 2 saturated heterocycles. The standard InChI is InChI=1S/C27H26N4O4S/c1-17-7-8-22(18(2)13-17)31-26(34)21(25(33)28-27(31)36)14-19-15-30(23-6-4-3-5-20(19)23)16-24(32)29-9-11-35-12-10-29/h3-8,13-15H,9-12,16H2,1-2H3,(H,28,33,36)/b21-14+. The molecule has 1 aromatic heterocycles. The molecule has 2 aliphatic heterocycles. The number of ether oxygens (including phenoxy) is 1. The van der Waals surface area contributed by atoms with Crippen molar-refractivity contribution in [3.8, 4) is 0 Å². The van der Waals surface area contributed by atoms with Gasteiger partial charge in [-0.05, 0) is 49.8 Å². The summed E-state index contributed by atoms with van der Waals surface area (Å²) in [6.45, 7) is 6.23. The molecule has 3 aromatic rings. The fraction of sp³-hybridized carbons (Fsp3) is 0.259. The van der Waals surface area contributed by atoms with Crippen LogP contribution in [0.25, 0.3) is 17.0 Å². The minimum atomic E-state index is -0.549. The number of morpholine rings is 1. The number of nitrogens with zero attached hydrogens (tertiary/aromatic N) is 3. The van der Waals surface area contributed by atoms with Gasteiger partial charge < -0.3 is 14.2 Å². The maximum Gasteiger partial charge on any atom is 0.270 e. The molecule has 0 radical (unpaired) electrons. The summed E-state index contributed by atoms with van der Waals surface area (Å²) in [5.74, 6) is -1.04. The summed E-state index contributed by atoms with van der Waals surface area (Å²) in [6, 6.07) is 13.3. The summed E-state index contributed by atoms with van der Waals surface area (Å²) >= 11 is 5.35. The number of carbonyl (C=O) groups is 3. The van der Waals surface area contributed by atoms with Crippen molar-refractivity contribution in [2.75, 3.05) is 31.2 Å². The Kier molecular flexibility index (Phi) is 6.42. The lowest BCUT2D eigenvalue weighted by Gasteiger charge is -2.30. The van der Waals surface area contributed by atoms with E-state index in [0.29, 0.717) is 37.6 Å². The second kappa shape index (κ2) is 9.67. The van der Waals surface area contributed by atoms with Crippen LogP contribution in [0.2, 0.25) is 0 Å². The van der Waals surface area contributed by atoms with Crippen LogP contribution in [0.3, 0.4) is 0 Å². The molecule has 0 saturated carbocycles. The minimum absolute atomic E-state index is 0.00360. The van der Waals surface area contributed by atoms with Gasteiger partial charge >= 0.3 is 0 Å². The van der Waals surface area contributed by atoms with Crippen molar-refractivity contribution in [1.29, 1.82) is 0 Å². The van der Waals surface area contributed by atoms with Crippen molar-refractivity contribution in [2.45, 2.75) is 20.4 Å². The number of anilines is 1. The van der Waals surface area contributed by atoms with Crippen LogP contribution in [0.1, 0.15) is 16.7 Å². The molecule has 36 heavy (non-hydrogen) atoms. The van der Waals surface area contributed by atoms with Gasteiger partial charge in [-0.3, -0.25) is 24.6 Å². The highest BCUT2D eigenvalue weighted by Gasteiger charge is 2.35. The monoisotopic (exact) mass is 502 g/mol. The fourth-order valence-electron chi connectivity index (χ4n) is 4.67. The van der Waals surface area contributed by atoms with Crippen LogP contribution in [0.5, 0.6) is 0 Å². The number of rotatable bonds is 4. The van der Waals surface area contributed by atoms with Crippen LogP contribution in [0.4, 0.5) is 5.69 Å². The number of thiocarbonyl (C=S) groups is 1. The zero-order valence-electron chi connectivity index (χ0n) is 20.1. The Bertz CT molecular complexity index is 1430. The van der Waals surface area contributed by atoms with Crippen LogP contribution >= 0.6 is 12.2 Å². The van der Waals surface area contributed by atoms with Gasteiger partial charge in [-0.1, -0.05) is 35.9 Å². The van der Waals surface area contributed by atoms with E-state index in [0.717, 1.165) is 22.0 Å². The van der Waals surface area contributed by atoms with Crippen LogP contribution in [0.15, 0.2) is 54.2 Å². The molecule has 0 aliphatic carbocycles. The van der Waals surface area contributed by atoms with Crippen molar-refractivity contribution in [3.05, 3.63) is 70.9 Å². The van der Waals surface area contributed by atoms with Gasteiger partial charge in [-0.25, -0.2) is 0 Å². The predicted molar refractivity (Wildman–Crippen MR) is 141 cm³/mol. The number of amides is 3. The zero-order valence-corrected chi connectivity index (χ0v) is 20.9. The van der Waals surface area contributed by atoms with E-state index in [9.17, 15) is 14.4 Å². The minimum Gasteiger partial charge on any atom is -0.378 e. The predicted octanol–water partition coefficient (Wildman–Crippen LogP) is 2.95. The molecule has 0 unspecified atom stereocenters. The van der Waals surface area contributed by atoms with E-state index in [1.165, 1.54) is 4.90 Å². The van der Waals surface area contributed by atoms with Gasteiger partial charge in [0.15, 0.2) is 5.11 Å². The smallest absolute Gasteiger partial charge is 0.270 e. The van der Waals surface area contributed by atoms with Crippen molar-refractivity contribution < 1.29 is 19.1 Å². The highest BCUT2D eigenvalue weighted by molar-refractivity contribution is 7.80. The lowest BCUT2D eigenvalue weighted by molar-refractivity contribution is -0.135. The number of hydrogen-bond acceptors (Lipinski definition) is 5. The van der Waals surface area contributed by atoms with E-state index < -0.39 is 11.8 Å². The van der Waals surface area contributed by atoms with E-state index in [4.69, 9.17) is 17.0 Å². The average Bonchev–Trinajstić information content (AvgIpc) is 3.20. The van der Waals surface area contributed by atoms with E-state index in [-0.39, 0.29) is 23.1 Å². The van der Waals surface area contributed by atoms with E-state index in [2.05, 4.69) is 5.32 Å². The molecular weight excluding hydrogens is 476 g/mol. The molecule has 184 valence electrons. The number of benzene rings is 2. The Morgan fingerprint density at radius 1 is 1.11 bits per heavy atom. The molecule has 2 aliphatic rings. The summed E-state index contributed by atoms with van der Waals surface area (Å²) in [7, 11) is 0. The summed E-state index contributed by atoms with van der Waals surface area (Å²) in [4.78, 5) is 42.5. The molecular formula is C27H26N4O4S. The molecule has 9 heteroatoms. The SMILES string of the molecule is Cc1ccc(N2C(=O)/C(=C/c3cn(CC(=O)N4CCOCC4)c4ccccc34)C(=O)NC2=S)c(C)c1. The summed E-state index contributed by atoms with van der Waals surface area (Å²) in [6.07, 6.45) is 3.39. The zero-order chi connectivity index (χ0) is 25.4. The fourth-order valence-corrected chi connectivity index (χ4v) is 4.94. The van der Waals surface area contributed by atoms with Crippen molar-refractivity contribution >= 4 is 57.7 Å². The lowest BCUT2D eigenvalue weighted by atomic mass is 10.0. The Morgan fingerprint density at radius 2 is 1.86 bits per heavy atom. The molecule has 2 fully saturated rings. The molecule has 5 rings (SSSR count). The maximum atomic E-state index is 13.5. The van der Waals surface area contributed by atoms with Crippen molar-refractivity contribution in [1.82, 2.24) is 14.8 Å². The van der Waals surface area contributed by atoms with Gasteiger partial charge in [0.1, 0.15) is 12.1 Å². The summed E-state index contributed by atoms with van der Waals surface area (Å²) < 4.78 is 7.21. The third kappa shape index (κ3) is 4.43. The van der Waals surface area contributed by atoms with Crippen LogP contribution < -0.4 is 10.2 Å². The molecule has 0 bridgehead atoms. The number of fused-ring (bicyclic) bond motifs is 1. The Hall–Kier alpha value is -3.82. The number of carbonyl (C=O) groups excluding carboxylic acids is 3. The Balaban J connectivity index is 1.51. The van der Waals surface area contributed by atoms with Crippen molar-refractivity contribution in [3.63, 3.8) is 0 Å². The Morgan fingerprint density at radius 3 is 2.61 bits per heavy atom. The molecule has 0 spiro atoms. The lowest BCUT2D eigenvalue weighted by Crippen LogP contribution is -2.54. The van der Waals surface area contributed by atoms with Gasteiger partial charge in [0.2, 0.25) is 5.91 Å². The molecule has 3 amide bonds. The first-order valence-corrected chi connectivity index (χ1v) is 12.2. The number of hydrogen-bond donors (Lipinski definition) is 1. The van der Waals surface area contributed by atoms with Crippen LogP contribution in [-0.4, -0.2) is 58.6 Å². The maximum absolute atomic E-state index is 13.5. The molecule has 8 nitrogen and oxygen atoms in total. The molecule has 1 N–H and O–H groups in total. The van der Waals surface area contributed by atoms with Gasteiger partial charge in [-0.15, -0.1) is 0 Å². The van der Waals surface area contributed by atoms with E-state index in [1.54, 1.807) is 11.0 Å². The van der Waals surface area contributed by atoms with Gasteiger partial charge in [0.25, 0.3) is 11.8 Å². The average molecular weight is 503 g/mol. The summed E-state index contributed by atoms with van der Waals surface area (Å²) in [5, 5.41) is 3.54. The quantitative estimate of drug-likeness (QED) is 0.337. The third-order valence-electron chi connectivity index (χ3n) is 6.48. The first-order chi connectivity index (χ1) is 17.3. The van der Waals surface area contributed by atoms with Crippen LogP contribution in [0, 0.1) is 13.8 Å². The topological polar surface area (TPSA) is 83.9 Å². The molecule has 0 atom stereocenters. The largest absolute Gasteiger partial charge is 0.378 e. The molecule has 3 heterocycles. The Labute approximate surface area is 214 Å². The number of aryl methyl sites for hydroxylation is 2. The number of nitrogens with one attached hydrogen (secondary N) is 1. The van der Waals surface area contributed by atoms with E-state index in [1.807, 2.05) is 67.1 Å². The number of para-hydroxylation sites is 1. The first kappa shape index (κ1) is 23.9. The highest BCUT2D eigenvalue weighted by atomic mass is 32.1. The normalized spacial score (nSPS) is 17.7. The van der Waals surface area contributed by atoms with Gasteiger partial charge in [-0.2, -0.15) is 0 Å². The van der Waals surface area contributed by atoms with Gasteiger partial charge in [0.05, 0.1) is 18.9 Å². The van der Waals surface area contributed by atoms with E-state index >= 15 is 0 Å². The van der Waals surface area contributed by atoms with Crippen molar-refractivity contribution in [2.24, 2.45) is 0 Å². The van der Waals surface area contributed by atoms with Gasteiger partial charge in [0, 0.05) is 35.8 Å². The summed E-state index contributed by atoms with van der Waals surface area (Å²) in [5.41, 5.74) is 4.06. The number of aromatic nitrogens is 1. The van der Waals surface area contributed by atoms with Crippen LogP contribution in [-0.2, 0) is 25.7 Å². The molecule has 2 aromatic carbocycles. The first-order valence-electron chi connectivity index (χ1n) is 11.8.